The molecule has 2 nitrogen and oxygen atoms in total. The van der Waals surface area contributed by atoms with Gasteiger partial charge in [-0.3, -0.25) is 0 Å². The summed E-state index contributed by atoms with van der Waals surface area (Å²) in [6.45, 7) is 7.43. The molecule has 0 aliphatic heterocycles. The molecule has 0 fully saturated rings. The predicted octanol–water partition coefficient (Wildman–Crippen LogP) is 2.81. The maximum absolute atomic E-state index is 2.40. The highest BCUT2D eigenvalue weighted by molar-refractivity contribution is 5.45. The quantitative estimate of drug-likeness (QED) is 0.730. The van der Waals surface area contributed by atoms with Gasteiger partial charge in [0, 0.05) is 23.9 Å². The van der Waals surface area contributed by atoms with E-state index in [1.54, 1.807) is 0 Å². The number of hydrogen-bond donors (Lipinski definition) is 0. The third-order valence-corrected chi connectivity index (χ3v) is 3.14. The largest absolute Gasteiger partial charge is 0.365 e. The van der Waals surface area contributed by atoms with Gasteiger partial charge in [-0.2, -0.15) is 0 Å². The van der Waals surface area contributed by atoms with E-state index in [0.29, 0.717) is 0 Å². The Hall–Kier alpha value is -1.83. The fraction of sp³-hybridized carbons (Fsp3) is 0.312. The lowest BCUT2D eigenvalue weighted by Gasteiger charge is -2.21. The number of likely N-dealkylation sites (N-methyl/N-ethyl adjacent to an activating group) is 1. The first-order valence-corrected chi connectivity index (χ1v) is 6.55. The summed E-state index contributed by atoms with van der Waals surface area (Å²) in [5.74, 6) is 0. The van der Waals surface area contributed by atoms with E-state index >= 15 is 0 Å². The summed E-state index contributed by atoms with van der Waals surface area (Å²) in [4.78, 5) is 2.40. The van der Waals surface area contributed by atoms with Gasteiger partial charge >= 0.3 is 0 Å². The van der Waals surface area contributed by atoms with E-state index in [4.69, 9.17) is 0 Å². The van der Waals surface area contributed by atoms with Crippen molar-refractivity contribution in [3.05, 3.63) is 60.4 Å². The van der Waals surface area contributed by atoms with Crippen molar-refractivity contribution >= 4 is 5.69 Å². The molecule has 0 aliphatic carbocycles. The molecule has 0 amide bonds. The molecule has 0 saturated carbocycles. The summed E-state index contributed by atoms with van der Waals surface area (Å²) in [7, 11) is 0. The number of aromatic nitrogens is 1. The van der Waals surface area contributed by atoms with Gasteiger partial charge in [-0.15, -0.1) is 0 Å². The van der Waals surface area contributed by atoms with E-state index in [9.17, 15) is 0 Å². The van der Waals surface area contributed by atoms with Crippen molar-refractivity contribution in [2.45, 2.75) is 20.4 Å². The van der Waals surface area contributed by atoms with Crippen LogP contribution in [-0.2, 0) is 6.54 Å². The van der Waals surface area contributed by atoms with E-state index in [1.165, 1.54) is 11.3 Å². The minimum Gasteiger partial charge on any atom is -0.365 e. The Morgan fingerprint density at radius 1 is 1.06 bits per heavy atom. The zero-order valence-electron chi connectivity index (χ0n) is 11.2. The van der Waals surface area contributed by atoms with Gasteiger partial charge in [-0.25, -0.2) is 4.57 Å². The zero-order chi connectivity index (χ0) is 12.8. The molecule has 2 aromatic rings. The number of nitrogens with zero attached hydrogens (tertiary/aromatic N) is 2. The predicted molar refractivity (Wildman–Crippen MR) is 75.7 cm³/mol. The average molecular weight is 241 g/mol. The molecule has 1 heterocycles. The third-order valence-electron chi connectivity index (χ3n) is 3.14. The first kappa shape index (κ1) is 12.6. The SMILES string of the molecule is CCN(CC[n+]1cccc(C)c1)c1ccccc1. The van der Waals surface area contributed by atoms with Gasteiger partial charge in [0.2, 0.25) is 0 Å². The second-order valence-electron chi connectivity index (χ2n) is 4.53. The fourth-order valence-corrected chi connectivity index (χ4v) is 2.14. The van der Waals surface area contributed by atoms with Gasteiger partial charge in [-0.05, 0) is 32.0 Å². The molecule has 0 spiro atoms. The Morgan fingerprint density at radius 3 is 2.50 bits per heavy atom. The Morgan fingerprint density at radius 2 is 1.83 bits per heavy atom. The van der Waals surface area contributed by atoms with Crippen LogP contribution in [0.25, 0.3) is 0 Å². The van der Waals surface area contributed by atoms with Crippen LogP contribution >= 0.6 is 0 Å². The molecule has 1 aromatic carbocycles. The first-order chi connectivity index (χ1) is 8.79. The molecular weight excluding hydrogens is 220 g/mol. The van der Waals surface area contributed by atoms with E-state index in [-0.39, 0.29) is 0 Å². The molecule has 2 heteroatoms. The third kappa shape index (κ3) is 3.33. The molecule has 0 unspecified atom stereocenters. The van der Waals surface area contributed by atoms with Crippen molar-refractivity contribution in [2.24, 2.45) is 0 Å². The Labute approximate surface area is 110 Å². The minimum atomic E-state index is 1.02. The molecule has 18 heavy (non-hydrogen) atoms. The number of hydrogen-bond acceptors (Lipinski definition) is 1. The highest BCUT2D eigenvalue weighted by Crippen LogP contribution is 2.11. The number of rotatable bonds is 5. The molecule has 0 N–H and O–H groups in total. The maximum atomic E-state index is 2.40. The number of benzene rings is 1. The molecule has 0 bridgehead atoms. The molecule has 0 radical (unpaired) electrons. The smallest absolute Gasteiger partial charge is 0.171 e. The second kappa shape index (κ2) is 6.20. The van der Waals surface area contributed by atoms with Crippen molar-refractivity contribution < 1.29 is 4.57 Å². The summed E-state index contributed by atoms with van der Waals surface area (Å²) < 4.78 is 2.25. The fourth-order valence-electron chi connectivity index (χ4n) is 2.14. The Kier molecular flexibility index (Phi) is 4.35. The van der Waals surface area contributed by atoms with Gasteiger partial charge in [0.15, 0.2) is 18.9 Å². The lowest BCUT2D eigenvalue weighted by Crippen LogP contribution is -2.40. The van der Waals surface area contributed by atoms with Crippen LogP contribution < -0.4 is 9.47 Å². The van der Waals surface area contributed by atoms with Crippen molar-refractivity contribution in [2.75, 3.05) is 18.0 Å². The van der Waals surface area contributed by atoms with Gasteiger partial charge in [0.25, 0.3) is 0 Å². The standard InChI is InChI=1S/C16H21N2/c1-3-18(16-9-5-4-6-10-16)13-12-17-11-7-8-15(2)14-17/h4-11,14H,3,12-13H2,1-2H3/q+1. The Bertz CT molecular complexity index is 479. The summed E-state index contributed by atoms with van der Waals surface area (Å²) in [6.07, 6.45) is 4.32. The van der Waals surface area contributed by atoms with Gasteiger partial charge in [0.05, 0.1) is 6.54 Å². The van der Waals surface area contributed by atoms with E-state index in [2.05, 4.69) is 78.2 Å². The molecule has 0 aliphatic rings. The second-order valence-corrected chi connectivity index (χ2v) is 4.53. The summed E-state index contributed by atoms with van der Waals surface area (Å²) in [5, 5.41) is 0. The average Bonchev–Trinajstić information content (AvgIpc) is 2.41. The van der Waals surface area contributed by atoms with Crippen LogP contribution in [0.5, 0.6) is 0 Å². The van der Waals surface area contributed by atoms with Crippen LogP contribution in [0.2, 0.25) is 0 Å². The summed E-state index contributed by atoms with van der Waals surface area (Å²) in [6, 6.07) is 14.8. The molecule has 0 atom stereocenters. The lowest BCUT2D eigenvalue weighted by atomic mass is 10.3. The number of pyridine rings is 1. The highest BCUT2D eigenvalue weighted by atomic mass is 15.1. The normalized spacial score (nSPS) is 10.3. The van der Waals surface area contributed by atoms with Crippen LogP contribution in [0.1, 0.15) is 12.5 Å². The van der Waals surface area contributed by atoms with Crippen LogP contribution in [0.15, 0.2) is 54.9 Å². The monoisotopic (exact) mass is 241 g/mol. The maximum Gasteiger partial charge on any atom is 0.171 e. The molecular formula is C16H21N2+. The van der Waals surface area contributed by atoms with E-state index in [1.807, 2.05) is 0 Å². The zero-order valence-corrected chi connectivity index (χ0v) is 11.2. The first-order valence-electron chi connectivity index (χ1n) is 6.55. The van der Waals surface area contributed by atoms with Crippen molar-refractivity contribution in [1.29, 1.82) is 0 Å². The van der Waals surface area contributed by atoms with Gasteiger partial charge < -0.3 is 4.90 Å². The minimum absolute atomic E-state index is 1.02. The van der Waals surface area contributed by atoms with Crippen molar-refractivity contribution in [3.8, 4) is 0 Å². The topological polar surface area (TPSA) is 7.12 Å². The summed E-state index contributed by atoms with van der Waals surface area (Å²) >= 11 is 0. The lowest BCUT2D eigenvalue weighted by molar-refractivity contribution is -0.694. The van der Waals surface area contributed by atoms with Crippen LogP contribution in [0, 0.1) is 6.92 Å². The number of para-hydroxylation sites is 1. The molecule has 2 rings (SSSR count). The molecule has 0 saturated heterocycles. The van der Waals surface area contributed by atoms with Crippen molar-refractivity contribution in [3.63, 3.8) is 0 Å². The molecule has 94 valence electrons. The van der Waals surface area contributed by atoms with Crippen LogP contribution in [-0.4, -0.2) is 13.1 Å². The van der Waals surface area contributed by atoms with E-state index < -0.39 is 0 Å². The highest BCUT2D eigenvalue weighted by Gasteiger charge is 2.07. The van der Waals surface area contributed by atoms with Gasteiger partial charge in [0.1, 0.15) is 0 Å². The Balaban J connectivity index is 2.00. The van der Waals surface area contributed by atoms with Crippen molar-refractivity contribution in [1.82, 2.24) is 0 Å². The van der Waals surface area contributed by atoms with Crippen LogP contribution in [0.4, 0.5) is 5.69 Å². The number of anilines is 1. The van der Waals surface area contributed by atoms with Crippen LogP contribution in [0.3, 0.4) is 0 Å². The van der Waals surface area contributed by atoms with E-state index in [0.717, 1.165) is 19.6 Å². The van der Waals surface area contributed by atoms with Gasteiger partial charge in [-0.1, -0.05) is 18.2 Å². The summed E-state index contributed by atoms with van der Waals surface area (Å²) in [5.41, 5.74) is 2.61. The number of aryl methyl sites for hydroxylation is 1. The molecule has 1 aromatic heterocycles.